The second-order valence-corrected chi connectivity index (χ2v) is 10.0. The lowest BCUT2D eigenvalue weighted by atomic mass is 9.89. The molecule has 4 rings (SSSR count). The number of ether oxygens (including phenoxy) is 1. The van der Waals surface area contributed by atoms with Crippen LogP contribution in [0.3, 0.4) is 0 Å². The minimum absolute atomic E-state index is 0.0935. The van der Waals surface area contributed by atoms with Gasteiger partial charge in [-0.25, -0.2) is 4.98 Å². The van der Waals surface area contributed by atoms with E-state index in [2.05, 4.69) is 10.3 Å². The summed E-state index contributed by atoms with van der Waals surface area (Å²) in [5.74, 6) is 1.30. The second kappa shape index (κ2) is 6.84. The third kappa shape index (κ3) is 3.51. The number of carbonyl (C=O) groups is 1. The number of amides is 1. The number of hydrogen-bond donors (Lipinski definition) is 1. The summed E-state index contributed by atoms with van der Waals surface area (Å²) in [6, 6.07) is 0. The Morgan fingerprint density at radius 3 is 2.70 bits per heavy atom. The Morgan fingerprint density at radius 2 is 2.07 bits per heavy atom. The van der Waals surface area contributed by atoms with Crippen LogP contribution in [0, 0.1) is 5.92 Å². The van der Waals surface area contributed by atoms with Crippen LogP contribution >= 0.6 is 0 Å². The first kappa shape index (κ1) is 18.9. The van der Waals surface area contributed by atoms with E-state index < -0.39 is 21.9 Å². The maximum atomic E-state index is 12.6. The minimum Gasteiger partial charge on any atom is -0.354 e. The fourth-order valence-electron chi connectivity index (χ4n) is 3.86. The van der Waals surface area contributed by atoms with Crippen molar-refractivity contribution in [3.63, 3.8) is 0 Å². The van der Waals surface area contributed by atoms with E-state index in [-0.39, 0.29) is 5.91 Å². The van der Waals surface area contributed by atoms with Crippen molar-refractivity contribution < 1.29 is 17.9 Å². The third-order valence-electron chi connectivity index (χ3n) is 5.73. The van der Waals surface area contributed by atoms with Crippen molar-refractivity contribution in [3.8, 4) is 0 Å². The van der Waals surface area contributed by atoms with E-state index in [1.165, 1.54) is 35.5 Å². The van der Waals surface area contributed by atoms with E-state index in [0.29, 0.717) is 44.9 Å². The summed E-state index contributed by atoms with van der Waals surface area (Å²) in [6.07, 6.45) is 6.31. The highest BCUT2D eigenvalue weighted by Crippen LogP contribution is 2.40. The first-order valence-corrected chi connectivity index (χ1v) is 10.9. The molecule has 1 saturated heterocycles. The number of carbonyl (C=O) groups excluding carboxylic acids is 1. The standard InChI is InChI=1S/C17H27N5O4S/c1-20(2)27(24,25)22-8-5-17(6-9-22)16-18-7-10-21(16)12-14(26-17)15(23)19-11-13-3-4-13/h7,10,13-14H,3-6,8-9,11-12H2,1-2H3,(H,19,23). The Bertz CT molecular complexity index is 809. The first-order chi connectivity index (χ1) is 12.8. The quantitative estimate of drug-likeness (QED) is 0.749. The molecule has 1 amide bonds. The van der Waals surface area contributed by atoms with Gasteiger partial charge in [0.25, 0.3) is 16.1 Å². The van der Waals surface area contributed by atoms with Gasteiger partial charge in [0.2, 0.25) is 0 Å². The molecule has 3 heterocycles. The molecule has 1 atom stereocenters. The SMILES string of the molecule is CN(C)S(=O)(=O)N1CCC2(CC1)OC(C(=O)NCC1CC1)Cn1ccnc12. The highest BCUT2D eigenvalue weighted by atomic mass is 32.2. The van der Waals surface area contributed by atoms with Crippen LogP contribution in [0.2, 0.25) is 0 Å². The van der Waals surface area contributed by atoms with Crippen LogP contribution in [0.15, 0.2) is 12.4 Å². The average Bonchev–Trinajstić information content (AvgIpc) is 3.34. The normalized spacial score (nSPS) is 25.5. The fourth-order valence-corrected chi connectivity index (χ4v) is 4.97. The van der Waals surface area contributed by atoms with Crippen LogP contribution in [-0.2, 0) is 31.9 Å². The molecule has 0 radical (unpaired) electrons. The Morgan fingerprint density at radius 1 is 1.37 bits per heavy atom. The largest absolute Gasteiger partial charge is 0.354 e. The first-order valence-electron chi connectivity index (χ1n) is 9.46. The molecule has 10 heteroatoms. The number of nitrogens with one attached hydrogen (secondary N) is 1. The van der Waals surface area contributed by atoms with Gasteiger partial charge < -0.3 is 14.6 Å². The molecule has 27 heavy (non-hydrogen) atoms. The summed E-state index contributed by atoms with van der Waals surface area (Å²) in [6.45, 7) is 1.82. The van der Waals surface area contributed by atoms with Gasteiger partial charge in [0.15, 0.2) is 6.10 Å². The molecule has 1 aliphatic carbocycles. The molecular weight excluding hydrogens is 370 g/mol. The lowest BCUT2D eigenvalue weighted by Crippen LogP contribution is -2.55. The molecule has 0 bridgehead atoms. The van der Waals surface area contributed by atoms with E-state index in [0.717, 1.165) is 5.82 Å². The van der Waals surface area contributed by atoms with Gasteiger partial charge in [0.05, 0.1) is 6.54 Å². The van der Waals surface area contributed by atoms with Crippen LogP contribution in [0.5, 0.6) is 0 Å². The molecule has 1 unspecified atom stereocenters. The van der Waals surface area contributed by atoms with Crippen molar-refractivity contribution in [2.24, 2.45) is 5.92 Å². The molecule has 150 valence electrons. The smallest absolute Gasteiger partial charge is 0.281 e. The highest BCUT2D eigenvalue weighted by molar-refractivity contribution is 7.86. The van der Waals surface area contributed by atoms with Gasteiger partial charge in [-0.2, -0.15) is 17.0 Å². The van der Waals surface area contributed by atoms with Crippen LogP contribution in [0.25, 0.3) is 0 Å². The molecule has 1 aromatic heterocycles. The summed E-state index contributed by atoms with van der Waals surface area (Å²) in [4.78, 5) is 17.1. The van der Waals surface area contributed by atoms with Crippen LogP contribution in [0.1, 0.15) is 31.5 Å². The number of hydrogen-bond acceptors (Lipinski definition) is 5. The number of rotatable bonds is 5. The van der Waals surface area contributed by atoms with E-state index >= 15 is 0 Å². The Kier molecular flexibility index (Phi) is 4.77. The summed E-state index contributed by atoms with van der Waals surface area (Å²) in [5.41, 5.74) is -0.721. The summed E-state index contributed by atoms with van der Waals surface area (Å²) >= 11 is 0. The predicted molar refractivity (Wildman–Crippen MR) is 97.9 cm³/mol. The maximum absolute atomic E-state index is 12.6. The highest BCUT2D eigenvalue weighted by Gasteiger charge is 2.48. The van der Waals surface area contributed by atoms with E-state index in [1.807, 2.05) is 10.8 Å². The number of aromatic nitrogens is 2. The Labute approximate surface area is 159 Å². The van der Waals surface area contributed by atoms with Crippen molar-refractivity contribution in [1.29, 1.82) is 0 Å². The van der Waals surface area contributed by atoms with Crippen molar-refractivity contribution >= 4 is 16.1 Å². The van der Waals surface area contributed by atoms with E-state index in [9.17, 15) is 13.2 Å². The maximum Gasteiger partial charge on any atom is 0.281 e. The van der Waals surface area contributed by atoms with Gasteiger partial charge in [-0.05, 0) is 31.6 Å². The molecule has 9 nitrogen and oxygen atoms in total. The molecule has 1 aromatic rings. The van der Waals surface area contributed by atoms with E-state index in [4.69, 9.17) is 4.74 Å². The summed E-state index contributed by atoms with van der Waals surface area (Å²) in [5, 5.41) is 3.00. The van der Waals surface area contributed by atoms with Gasteiger partial charge in [0.1, 0.15) is 11.4 Å². The molecule has 0 aromatic carbocycles. The predicted octanol–water partition coefficient (Wildman–Crippen LogP) is -0.0944. The fraction of sp³-hybridized carbons (Fsp3) is 0.765. The van der Waals surface area contributed by atoms with Crippen molar-refractivity contribution in [2.45, 2.75) is 43.9 Å². The molecule has 1 saturated carbocycles. The molecule has 1 N–H and O–H groups in total. The number of fused-ring (bicyclic) bond motifs is 2. The second-order valence-electron chi connectivity index (χ2n) is 7.88. The number of imidazole rings is 1. The molecule has 2 fully saturated rings. The summed E-state index contributed by atoms with van der Waals surface area (Å²) < 4.78 is 35.8. The van der Waals surface area contributed by atoms with E-state index in [1.54, 1.807) is 6.20 Å². The molecule has 3 aliphatic rings. The lowest BCUT2D eigenvalue weighted by molar-refractivity contribution is -0.171. The van der Waals surface area contributed by atoms with Crippen molar-refractivity contribution in [1.82, 2.24) is 23.5 Å². The molecular formula is C17H27N5O4S. The van der Waals surface area contributed by atoms with Gasteiger partial charge in [-0.1, -0.05) is 0 Å². The molecule has 1 spiro atoms. The Balaban J connectivity index is 1.50. The number of nitrogens with zero attached hydrogens (tertiary/aromatic N) is 4. The van der Waals surface area contributed by atoms with Crippen LogP contribution in [-0.4, -0.2) is 72.3 Å². The van der Waals surface area contributed by atoms with Crippen molar-refractivity contribution in [2.75, 3.05) is 33.7 Å². The number of piperidine rings is 1. The van der Waals surface area contributed by atoms with Gasteiger partial charge in [-0.15, -0.1) is 0 Å². The van der Waals surface area contributed by atoms with Gasteiger partial charge >= 0.3 is 0 Å². The zero-order chi connectivity index (χ0) is 19.2. The minimum atomic E-state index is -3.46. The monoisotopic (exact) mass is 397 g/mol. The summed E-state index contributed by atoms with van der Waals surface area (Å²) in [7, 11) is -0.393. The lowest BCUT2D eigenvalue weighted by Gasteiger charge is -2.45. The van der Waals surface area contributed by atoms with Crippen LogP contribution < -0.4 is 5.32 Å². The topological polar surface area (TPSA) is 96.8 Å². The van der Waals surface area contributed by atoms with Crippen molar-refractivity contribution in [3.05, 3.63) is 18.2 Å². The zero-order valence-corrected chi connectivity index (χ0v) is 16.6. The van der Waals surface area contributed by atoms with Gasteiger partial charge in [0, 0.05) is 46.1 Å². The zero-order valence-electron chi connectivity index (χ0n) is 15.8. The Hall–Kier alpha value is -1.49. The molecule has 2 aliphatic heterocycles. The third-order valence-corrected chi connectivity index (χ3v) is 7.67. The van der Waals surface area contributed by atoms with Crippen LogP contribution in [0.4, 0.5) is 0 Å². The van der Waals surface area contributed by atoms with Gasteiger partial charge in [-0.3, -0.25) is 4.79 Å². The average molecular weight is 398 g/mol.